The van der Waals surface area contributed by atoms with Crippen LogP contribution in [0.3, 0.4) is 0 Å². The summed E-state index contributed by atoms with van der Waals surface area (Å²) in [7, 11) is -2.78. The molecule has 0 saturated heterocycles. The molecule has 1 N–H and O–H groups in total. The fourth-order valence-electron chi connectivity index (χ4n) is 4.03. The Balaban J connectivity index is 2.29. The zero-order valence-corrected chi connectivity index (χ0v) is 21.1. The van der Waals surface area contributed by atoms with E-state index in [1.807, 2.05) is 74.5 Å². The molecular weight excluding hydrogens is 448 g/mol. The van der Waals surface area contributed by atoms with E-state index in [0.717, 1.165) is 11.1 Å². The van der Waals surface area contributed by atoms with Crippen LogP contribution in [0.25, 0.3) is 11.1 Å². The quantitative estimate of drug-likeness (QED) is 0.465. The molecule has 0 fully saturated rings. The van der Waals surface area contributed by atoms with E-state index < -0.39 is 15.6 Å². The summed E-state index contributed by atoms with van der Waals surface area (Å²) >= 11 is 0. The van der Waals surface area contributed by atoms with Gasteiger partial charge in [-0.05, 0) is 56.5 Å². The summed E-state index contributed by atoms with van der Waals surface area (Å²) in [5.74, 6) is -0.243. The molecular formula is C27H32N2O4S. The molecule has 1 amide bonds. The summed E-state index contributed by atoms with van der Waals surface area (Å²) in [5.41, 5.74) is 1.26. The number of hydrogen-bond donors (Lipinski definition) is 1. The number of nitrogens with zero attached hydrogens (tertiary/aromatic N) is 1. The minimum Gasteiger partial charge on any atom is -0.495 e. The van der Waals surface area contributed by atoms with Gasteiger partial charge in [-0.1, -0.05) is 60.7 Å². The van der Waals surface area contributed by atoms with Crippen molar-refractivity contribution in [3.8, 4) is 16.9 Å². The third kappa shape index (κ3) is 5.16. The lowest BCUT2D eigenvalue weighted by molar-refractivity contribution is 0.0769. The summed E-state index contributed by atoms with van der Waals surface area (Å²) in [6, 6.07) is 22.0. The van der Waals surface area contributed by atoms with Crippen LogP contribution < -0.4 is 9.46 Å². The van der Waals surface area contributed by atoms with Gasteiger partial charge in [0.2, 0.25) is 10.0 Å². The van der Waals surface area contributed by atoms with E-state index in [9.17, 15) is 13.2 Å². The topological polar surface area (TPSA) is 75.7 Å². The van der Waals surface area contributed by atoms with Crippen molar-refractivity contribution in [3.05, 3.63) is 83.9 Å². The van der Waals surface area contributed by atoms with Crippen LogP contribution in [0.2, 0.25) is 0 Å². The van der Waals surface area contributed by atoms with Crippen LogP contribution in [0.4, 0.5) is 0 Å². The number of methoxy groups -OCH3 is 1. The molecule has 3 aromatic rings. The van der Waals surface area contributed by atoms with Gasteiger partial charge in [-0.25, -0.2) is 13.1 Å². The van der Waals surface area contributed by atoms with E-state index in [2.05, 4.69) is 4.72 Å². The number of ether oxygens (including phenoxy) is 1. The SMILES string of the molecule is CCN(CC)C(=O)c1c(-c2ccccc2)ccc(OC)c1S(=O)(=O)NC(C)(C)c1ccccc1. The maximum Gasteiger partial charge on any atom is 0.255 e. The van der Waals surface area contributed by atoms with Gasteiger partial charge < -0.3 is 9.64 Å². The van der Waals surface area contributed by atoms with Gasteiger partial charge in [-0.3, -0.25) is 4.79 Å². The average molecular weight is 481 g/mol. The number of rotatable bonds is 9. The molecule has 7 heteroatoms. The number of sulfonamides is 1. The van der Waals surface area contributed by atoms with Gasteiger partial charge in [0, 0.05) is 13.1 Å². The maximum atomic E-state index is 13.9. The molecule has 0 unspecified atom stereocenters. The standard InChI is InChI=1S/C27H32N2O4S/c1-6-29(7-2)26(30)24-22(20-14-10-8-11-15-20)18-19-23(33-5)25(24)34(31,32)28-27(3,4)21-16-12-9-13-17-21/h8-19,28H,6-7H2,1-5H3. The van der Waals surface area contributed by atoms with Gasteiger partial charge in [-0.2, -0.15) is 0 Å². The molecule has 34 heavy (non-hydrogen) atoms. The van der Waals surface area contributed by atoms with Crippen LogP contribution in [0.1, 0.15) is 43.6 Å². The monoisotopic (exact) mass is 480 g/mol. The predicted molar refractivity (Wildman–Crippen MR) is 135 cm³/mol. The third-order valence-electron chi connectivity index (χ3n) is 5.84. The maximum absolute atomic E-state index is 13.9. The van der Waals surface area contributed by atoms with Gasteiger partial charge in [0.05, 0.1) is 18.2 Å². The zero-order chi connectivity index (χ0) is 24.9. The number of carbonyl (C=O) groups is 1. The molecule has 0 aliphatic rings. The average Bonchev–Trinajstić information content (AvgIpc) is 2.84. The van der Waals surface area contributed by atoms with Crippen LogP contribution in [0.5, 0.6) is 5.75 Å². The van der Waals surface area contributed by atoms with E-state index in [1.54, 1.807) is 30.9 Å². The van der Waals surface area contributed by atoms with Crippen LogP contribution in [-0.2, 0) is 15.6 Å². The van der Waals surface area contributed by atoms with Gasteiger partial charge >= 0.3 is 0 Å². The molecule has 0 bridgehead atoms. The Labute approximate surface area is 202 Å². The van der Waals surface area contributed by atoms with Crippen molar-refractivity contribution >= 4 is 15.9 Å². The first kappa shape index (κ1) is 25.5. The third-order valence-corrected chi connectivity index (χ3v) is 7.57. The number of amides is 1. The van der Waals surface area contributed by atoms with E-state index >= 15 is 0 Å². The van der Waals surface area contributed by atoms with Crippen LogP contribution in [0, 0.1) is 0 Å². The molecule has 180 valence electrons. The Kier molecular flexibility index (Phi) is 7.79. The molecule has 3 aromatic carbocycles. The summed E-state index contributed by atoms with van der Waals surface area (Å²) in [6.45, 7) is 8.22. The lowest BCUT2D eigenvalue weighted by atomic mass is 9.96. The number of nitrogens with one attached hydrogen (secondary N) is 1. The van der Waals surface area contributed by atoms with Crippen molar-refractivity contribution in [2.45, 2.75) is 38.1 Å². The van der Waals surface area contributed by atoms with Crippen molar-refractivity contribution in [1.29, 1.82) is 0 Å². The summed E-state index contributed by atoms with van der Waals surface area (Å²) < 4.78 is 36.2. The van der Waals surface area contributed by atoms with Gasteiger partial charge in [0.15, 0.2) is 0 Å². The fourth-order valence-corrected chi connectivity index (χ4v) is 5.81. The normalized spacial score (nSPS) is 11.8. The van der Waals surface area contributed by atoms with Crippen molar-refractivity contribution in [3.63, 3.8) is 0 Å². The zero-order valence-electron chi connectivity index (χ0n) is 20.3. The number of hydrogen-bond acceptors (Lipinski definition) is 4. The molecule has 3 rings (SSSR count). The molecule has 0 radical (unpaired) electrons. The Hall–Kier alpha value is -3.16. The summed E-state index contributed by atoms with van der Waals surface area (Å²) in [5, 5.41) is 0. The first-order chi connectivity index (χ1) is 16.2. The van der Waals surface area contributed by atoms with Gasteiger partial charge in [0.25, 0.3) is 5.91 Å². The second kappa shape index (κ2) is 10.4. The Morgan fingerprint density at radius 2 is 1.47 bits per heavy atom. The van der Waals surface area contributed by atoms with Crippen LogP contribution in [0.15, 0.2) is 77.7 Å². The Morgan fingerprint density at radius 3 is 2.00 bits per heavy atom. The molecule has 0 saturated carbocycles. The highest BCUT2D eigenvalue weighted by Gasteiger charge is 2.36. The van der Waals surface area contributed by atoms with Crippen molar-refractivity contribution in [2.75, 3.05) is 20.2 Å². The van der Waals surface area contributed by atoms with E-state index in [0.29, 0.717) is 18.7 Å². The Bertz CT molecular complexity index is 1240. The fraction of sp³-hybridized carbons (Fsp3) is 0.296. The van der Waals surface area contributed by atoms with Crippen LogP contribution in [-0.4, -0.2) is 39.4 Å². The molecule has 0 spiro atoms. The minimum atomic E-state index is -4.19. The summed E-state index contributed by atoms with van der Waals surface area (Å²) in [6.07, 6.45) is 0. The second-order valence-electron chi connectivity index (χ2n) is 8.46. The first-order valence-corrected chi connectivity index (χ1v) is 12.8. The largest absolute Gasteiger partial charge is 0.495 e. The smallest absolute Gasteiger partial charge is 0.255 e. The molecule has 0 atom stereocenters. The number of benzene rings is 3. The van der Waals surface area contributed by atoms with E-state index in [1.165, 1.54) is 7.11 Å². The van der Waals surface area contributed by atoms with Crippen molar-refractivity contribution in [1.82, 2.24) is 9.62 Å². The lowest BCUT2D eigenvalue weighted by Gasteiger charge is -2.29. The predicted octanol–water partition coefficient (Wildman–Crippen LogP) is 5.06. The minimum absolute atomic E-state index is 0.102. The van der Waals surface area contributed by atoms with E-state index in [-0.39, 0.29) is 22.1 Å². The summed E-state index contributed by atoms with van der Waals surface area (Å²) in [4.78, 5) is 15.2. The molecule has 0 heterocycles. The van der Waals surface area contributed by atoms with Gasteiger partial charge in [-0.15, -0.1) is 0 Å². The lowest BCUT2D eigenvalue weighted by Crippen LogP contribution is -2.42. The van der Waals surface area contributed by atoms with Gasteiger partial charge in [0.1, 0.15) is 10.6 Å². The Morgan fingerprint density at radius 1 is 0.912 bits per heavy atom. The second-order valence-corrected chi connectivity index (χ2v) is 10.1. The molecule has 0 aromatic heterocycles. The first-order valence-electron chi connectivity index (χ1n) is 11.3. The van der Waals surface area contributed by atoms with E-state index in [4.69, 9.17) is 4.74 Å². The highest BCUT2D eigenvalue weighted by atomic mass is 32.2. The molecule has 0 aliphatic carbocycles. The van der Waals surface area contributed by atoms with Crippen LogP contribution >= 0.6 is 0 Å². The van der Waals surface area contributed by atoms with Crippen molar-refractivity contribution in [2.24, 2.45) is 0 Å². The number of carbonyl (C=O) groups excluding carboxylic acids is 1. The highest BCUT2D eigenvalue weighted by Crippen LogP contribution is 2.37. The molecule has 0 aliphatic heterocycles. The van der Waals surface area contributed by atoms with Crippen molar-refractivity contribution < 1.29 is 17.9 Å². The molecule has 6 nitrogen and oxygen atoms in total. The highest BCUT2D eigenvalue weighted by molar-refractivity contribution is 7.89.